The summed E-state index contributed by atoms with van der Waals surface area (Å²) in [4.78, 5) is 12.7. The molecule has 1 aliphatic rings. The molecule has 7 nitrogen and oxygen atoms in total. The SMILES string of the molecule is CCOCC1CN(S(=O)(=O)c2ccc(F)cc2)c2cc(NC(=O)c3c(Cl)cccc3C(F)(F)F)ccc2O1. The second-order valence-electron chi connectivity index (χ2n) is 8.19. The summed E-state index contributed by atoms with van der Waals surface area (Å²) < 4.78 is 93.2. The van der Waals surface area contributed by atoms with E-state index in [1.165, 1.54) is 18.2 Å². The number of alkyl halides is 3. The Balaban J connectivity index is 1.72. The molecule has 3 aromatic rings. The molecule has 0 saturated heterocycles. The molecule has 1 heterocycles. The van der Waals surface area contributed by atoms with E-state index in [1.54, 1.807) is 6.92 Å². The number of anilines is 2. The Kier molecular flexibility index (Phi) is 7.86. The van der Waals surface area contributed by atoms with Crippen molar-refractivity contribution in [1.29, 1.82) is 0 Å². The summed E-state index contributed by atoms with van der Waals surface area (Å²) in [5.74, 6) is -1.62. The normalized spacial score (nSPS) is 15.5. The molecule has 202 valence electrons. The Labute approximate surface area is 221 Å². The predicted molar refractivity (Wildman–Crippen MR) is 133 cm³/mol. The highest BCUT2D eigenvalue weighted by Crippen LogP contribution is 2.40. The van der Waals surface area contributed by atoms with E-state index in [1.807, 2.05) is 0 Å². The first-order valence-corrected chi connectivity index (χ1v) is 13.1. The van der Waals surface area contributed by atoms with Crippen molar-refractivity contribution in [3.8, 4) is 5.75 Å². The van der Waals surface area contributed by atoms with Crippen LogP contribution in [0.15, 0.2) is 65.6 Å². The second kappa shape index (κ2) is 10.8. The number of rotatable bonds is 7. The third-order valence-electron chi connectivity index (χ3n) is 5.60. The number of halogens is 5. The molecule has 38 heavy (non-hydrogen) atoms. The molecule has 0 aromatic heterocycles. The molecule has 1 N–H and O–H groups in total. The number of nitrogens with zero attached hydrogens (tertiary/aromatic N) is 1. The van der Waals surface area contributed by atoms with E-state index < -0.39 is 50.2 Å². The number of hydrogen-bond donors (Lipinski definition) is 1. The Bertz CT molecular complexity index is 1450. The van der Waals surface area contributed by atoms with Gasteiger partial charge in [-0.3, -0.25) is 9.10 Å². The summed E-state index contributed by atoms with van der Waals surface area (Å²) in [6.07, 6.45) is -5.52. The third-order valence-corrected chi connectivity index (χ3v) is 7.71. The van der Waals surface area contributed by atoms with Crippen molar-refractivity contribution in [2.24, 2.45) is 0 Å². The Morgan fingerprint density at radius 3 is 2.53 bits per heavy atom. The molecule has 0 spiro atoms. The number of nitrogens with one attached hydrogen (secondary N) is 1. The molecule has 0 saturated carbocycles. The lowest BCUT2D eigenvalue weighted by atomic mass is 10.1. The van der Waals surface area contributed by atoms with E-state index in [-0.39, 0.29) is 35.2 Å². The van der Waals surface area contributed by atoms with E-state index in [2.05, 4.69) is 5.32 Å². The molecular weight excluding hydrogens is 552 g/mol. The number of carbonyl (C=O) groups is 1. The Hall–Kier alpha value is -3.35. The molecular formula is C25H21ClF4N2O5S. The Morgan fingerprint density at radius 1 is 1.16 bits per heavy atom. The van der Waals surface area contributed by atoms with Crippen molar-refractivity contribution in [2.75, 3.05) is 29.4 Å². The molecule has 13 heteroatoms. The highest BCUT2D eigenvalue weighted by molar-refractivity contribution is 7.92. The van der Waals surface area contributed by atoms with Crippen LogP contribution in [0.4, 0.5) is 28.9 Å². The number of sulfonamides is 1. The van der Waals surface area contributed by atoms with Crippen molar-refractivity contribution < 1.29 is 40.2 Å². The van der Waals surface area contributed by atoms with Crippen LogP contribution in [-0.4, -0.2) is 40.2 Å². The summed E-state index contributed by atoms with van der Waals surface area (Å²) in [5, 5.41) is 1.95. The molecule has 1 amide bonds. The van der Waals surface area contributed by atoms with Crippen molar-refractivity contribution in [3.05, 3.63) is 82.6 Å². The van der Waals surface area contributed by atoms with Gasteiger partial charge >= 0.3 is 6.18 Å². The second-order valence-corrected chi connectivity index (χ2v) is 10.5. The largest absolute Gasteiger partial charge is 0.484 e. The van der Waals surface area contributed by atoms with E-state index in [0.717, 1.165) is 46.8 Å². The lowest BCUT2D eigenvalue weighted by molar-refractivity contribution is -0.137. The summed E-state index contributed by atoms with van der Waals surface area (Å²) >= 11 is 5.92. The molecule has 4 rings (SSSR count). The quantitative estimate of drug-likeness (QED) is 0.365. The number of benzene rings is 3. The Morgan fingerprint density at radius 2 is 1.87 bits per heavy atom. The fourth-order valence-electron chi connectivity index (χ4n) is 3.87. The van der Waals surface area contributed by atoms with Crippen molar-refractivity contribution >= 4 is 38.9 Å². The van der Waals surface area contributed by atoms with Crippen LogP contribution in [0.3, 0.4) is 0 Å². The number of amides is 1. The zero-order valence-electron chi connectivity index (χ0n) is 19.8. The van der Waals surface area contributed by atoms with Crippen LogP contribution in [0.1, 0.15) is 22.8 Å². The maximum absolute atomic E-state index is 13.5. The molecule has 1 unspecified atom stereocenters. The van der Waals surface area contributed by atoms with Crippen LogP contribution in [0.25, 0.3) is 0 Å². The van der Waals surface area contributed by atoms with Gasteiger partial charge in [0.25, 0.3) is 15.9 Å². The number of carbonyl (C=O) groups excluding carboxylic acids is 1. The topological polar surface area (TPSA) is 84.9 Å². The van der Waals surface area contributed by atoms with Gasteiger partial charge in [-0.15, -0.1) is 0 Å². The summed E-state index contributed by atoms with van der Waals surface area (Å²) in [6, 6.07) is 11.2. The highest BCUT2D eigenvalue weighted by Gasteiger charge is 2.37. The van der Waals surface area contributed by atoms with E-state index in [0.29, 0.717) is 6.61 Å². The molecule has 0 aliphatic carbocycles. The van der Waals surface area contributed by atoms with Crippen LogP contribution in [-0.2, 0) is 20.9 Å². The molecule has 0 fully saturated rings. The molecule has 1 atom stereocenters. The van der Waals surface area contributed by atoms with Gasteiger partial charge in [0, 0.05) is 12.3 Å². The van der Waals surface area contributed by atoms with Crippen LogP contribution in [0, 0.1) is 5.82 Å². The molecule has 1 aliphatic heterocycles. The van der Waals surface area contributed by atoms with Gasteiger partial charge in [0.1, 0.15) is 17.7 Å². The van der Waals surface area contributed by atoms with E-state index >= 15 is 0 Å². The van der Waals surface area contributed by atoms with Gasteiger partial charge in [0.05, 0.1) is 39.9 Å². The van der Waals surface area contributed by atoms with Crippen molar-refractivity contribution in [3.63, 3.8) is 0 Å². The van der Waals surface area contributed by atoms with Gasteiger partial charge in [-0.05, 0) is 61.5 Å². The maximum Gasteiger partial charge on any atom is 0.417 e. The zero-order chi connectivity index (χ0) is 27.7. The fraction of sp³-hybridized carbons (Fsp3) is 0.240. The smallest absolute Gasteiger partial charge is 0.417 e. The summed E-state index contributed by atoms with van der Waals surface area (Å²) in [6.45, 7) is 2.04. The van der Waals surface area contributed by atoms with E-state index in [4.69, 9.17) is 21.1 Å². The van der Waals surface area contributed by atoms with Crippen LogP contribution < -0.4 is 14.4 Å². The minimum atomic E-state index is -4.84. The lowest BCUT2D eigenvalue weighted by Gasteiger charge is -2.35. The third kappa shape index (κ3) is 5.71. The minimum Gasteiger partial charge on any atom is -0.484 e. The first-order valence-electron chi connectivity index (χ1n) is 11.3. The lowest BCUT2D eigenvalue weighted by Crippen LogP contribution is -2.45. The maximum atomic E-state index is 13.5. The number of hydrogen-bond acceptors (Lipinski definition) is 5. The number of ether oxygens (including phenoxy) is 2. The first-order chi connectivity index (χ1) is 17.9. The summed E-state index contributed by atoms with van der Waals surface area (Å²) in [5.41, 5.74) is -1.98. The van der Waals surface area contributed by atoms with Crippen LogP contribution >= 0.6 is 11.6 Å². The average molecular weight is 573 g/mol. The van der Waals surface area contributed by atoms with Crippen molar-refractivity contribution in [2.45, 2.75) is 24.1 Å². The van der Waals surface area contributed by atoms with Gasteiger partial charge in [-0.2, -0.15) is 13.2 Å². The summed E-state index contributed by atoms with van der Waals surface area (Å²) in [7, 11) is -4.23. The molecule has 0 bridgehead atoms. The van der Waals surface area contributed by atoms with Gasteiger partial charge in [0.15, 0.2) is 0 Å². The predicted octanol–water partition coefficient (Wildman–Crippen LogP) is 5.74. The van der Waals surface area contributed by atoms with Gasteiger partial charge in [-0.25, -0.2) is 12.8 Å². The molecule has 3 aromatic carbocycles. The standard InChI is InChI=1S/C25H21ClF4N2O5S/c1-2-36-14-17-13-32(38(34,35)18-9-6-15(27)7-10-18)21-12-16(8-11-22(21)37-17)31-24(33)23-19(25(28,29)30)4-3-5-20(23)26/h3-12,17H,2,13-14H2,1H3,(H,31,33). The van der Waals surface area contributed by atoms with Crippen LogP contribution in [0.5, 0.6) is 5.75 Å². The van der Waals surface area contributed by atoms with Gasteiger partial charge < -0.3 is 14.8 Å². The molecule has 0 radical (unpaired) electrons. The minimum absolute atomic E-state index is 0.00652. The van der Waals surface area contributed by atoms with Gasteiger partial charge in [-0.1, -0.05) is 17.7 Å². The zero-order valence-corrected chi connectivity index (χ0v) is 21.3. The first kappa shape index (κ1) is 27.7. The van der Waals surface area contributed by atoms with Crippen LogP contribution in [0.2, 0.25) is 5.02 Å². The highest BCUT2D eigenvalue weighted by atomic mass is 35.5. The van der Waals surface area contributed by atoms with Crippen molar-refractivity contribution in [1.82, 2.24) is 0 Å². The fourth-order valence-corrected chi connectivity index (χ4v) is 5.63. The van der Waals surface area contributed by atoms with E-state index in [9.17, 15) is 30.8 Å². The number of fused-ring (bicyclic) bond motifs is 1. The monoisotopic (exact) mass is 572 g/mol. The average Bonchev–Trinajstić information content (AvgIpc) is 2.86. The van der Waals surface area contributed by atoms with Gasteiger partial charge in [0.2, 0.25) is 0 Å².